The SMILES string of the molecule is C=CCc1cc(/C=C2/SC(=O)N(Cc3ccc(C(=O)OC)o3)C2=O)cc(OCC)c1OCc1ccc(Cl)c(Cl)c1. The first kappa shape index (κ1) is 29.3. The van der Waals surface area contributed by atoms with Gasteiger partial charge in [-0.05, 0) is 78.7 Å². The summed E-state index contributed by atoms with van der Waals surface area (Å²) in [6.07, 6.45) is 3.84. The van der Waals surface area contributed by atoms with Crippen LogP contribution in [0.1, 0.15) is 39.9 Å². The molecule has 40 heavy (non-hydrogen) atoms. The molecule has 0 spiro atoms. The Labute approximate surface area is 245 Å². The predicted octanol–water partition coefficient (Wildman–Crippen LogP) is 7.32. The van der Waals surface area contributed by atoms with Crippen molar-refractivity contribution in [2.45, 2.75) is 26.5 Å². The highest BCUT2D eigenvalue weighted by molar-refractivity contribution is 8.18. The Kier molecular flexibility index (Phi) is 9.63. The number of carbonyl (C=O) groups is 3. The van der Waals surface area contributed by atoms with E-state index in [1.807, 2.05) is 19.1 Å². The number of esters is 1. The number of benzene rings is 2. The smallest absolute Gasteiger partial charge is 0.373 e. The molecule has 0 bridgehead atoms. The van der Waals surface area contributed by atoms with Crippen molar-refractivity contribution in [3.05, 3.63) is 98.3 Å². The van der Waals surface area contributed by atoms with E-state index in [0.717, 1.165) is 27.8 Å². The Morgan fingerprint density at radius 1 is 1.10 bits per heavy atom. The Hall–Kier alpha value is -3.66. The summed E-state index contributed by atoms with van der Waals surface area (Å²) in [5.41, 5.74) is 2.27. The summed E-state index contributed by atoms with van der Waals surface area (Å²) >= 11 is 13.0. The minimum atomic E-state index is -0.648. The number of thioether (sulfide) groups is 1. The lowest BCUT2D eigenvalue weighted by molar-refractivity contribution is -0.123. The molecule has 3 aromatic rings. The highest BCUT2D eigenvalue weighted by Crippen LogP contribution is 2.38. The molecule has 2 aromatic carbocycles. The molecule has 2 heterocycles. The lowest BCUT2D eigenvalue weighted by Gasteiger charge is -2.17. The molecule has 8 nitrogen and oxygen atoms in total. The number of methoxy groups -OCH3 is 1. The molecule has 0 N–H and O–H groups in total. The summed E-state index contributed by atoms with van der Waals surface area (Å²) in [4.78, 5) is 38.7. The van der Waals surface area contributed by atoms with Crippen molar-refractivity contribution in [3.8, 4) is 11.5 Å². The van der Waals surface area contributed by atoms with Crippen molar-refractivity contribution < 1.29 is 33.0 Å². The molecule has 0 saturated carbocycles. The van der Waals surface area contributed by atoms with E-state index in [1.165, 1.54) is 19.2 Å². The standard InChI is InChI=1S/C29H25Cl2NO7S/c1-4-6-19-11-18(13-24(37-5-2)26(19)38-16-17-7-9-21(30)22(31)12-17)14-25-27(33)32(29(35)40-25)15-20-8-10-23(39-20)28(34)36-3/h4,7-14H,1,5-6,15-16H2,2-3H3/b25-14+. The van der Waals surface area contributed by atoms with Gasteiger partial charge in [-0.3, -0.25) is 14.5 Å². The normalized spacial score (nSPS) is 14.1. The van der Waals surface area contributed by atoms with Gasteiger partial charge >= 0.3 is 5.97 Å². The van der Waals surface area contributed by atoms with E-state index in [0.29, 0.717) is 40.1 Å². The molecule has 1 saturated heterocycles. The molecule has 1 aliphatic heterocycles. The molecular weight excluding hydrogens is 577 g/mol. The number of imide groups is 1. The monoisotopic (exact) mass is 601 g/mol. The molecule has 2 amide bonds. The Balaban J connectivity index is 1.59. The largest absolute Gasteiger partial charge is 0.490 e. The van der Waals surface area contributed by atoms with E-state index in [-0.39, 0.29) is 29.6 Å². The summed E-state index contributed by atoms with van der Waals surface area (Å²) in [7, 11) is 1.23. The number of allylic oxidation sites excluding steroid dienone is 1. The Morgan fingerprint density at radius 2 is 1.90 bits per heavy atom. The van der Waals surface area contributed by atoms with Gasteiger partial charge in [0.1, 0.15) is 12.4 Å². The zero-order chi connectivity index (χ0) is 28.8. The molecule has 1 aromatic heterocycles. The van der Waals surface area contributed by atoms with Crippen LogP contribution in [0.3, 0.4) is 0 Å². The van der Waals surface area contributed by atoms with Gasteiger partial charge in [-0.2, -0.15) is 0 Å². The maximum atomic E-state index is 13.1. The molecule has 0 aliphatic carbocycles. The number of amides is 2. The summed E-state index contributed by atoms with van der Waals surface area (Å²) in [6, 6.07) is 11.8. The number of ether oxygens (including phenoxy) is 3. The maximum absolute atomic E-state index is 13.1. The van der Waals surface area contributed by atoms with E-state index in [4.69, 9.17) is 37.1 Å². The van der Waals surface area contributed by atoms with Gasteiger partial charge < -0.3 is 18.6 Å². The van der Waals surface area contributed by atoms with Crippen LogP contribution in [-0.4, -0.2) is 35.7 Å². The summed E-state index contributed by atoms with van der Waals surface area (Å²) < 4.78 is 22.1. The topological polar surface area (TPSA) is 95.3 Å². The van der Waals surface area contributed by atoms with Crippen LogP contribution < -0.4 is 9.47 Å². The van der Waals surface area contributed by atoms with Crippen molar-refractivity contribution >= 4 is 58.2 Å². The minimum Gasteiger partial charge on any atom is -0.490 e. The van der Waals surface area contributed by atoms with E-state index in [1.54, 1.807) is 30.4 Å². The fourth-order valence-corrected chi connectivity index (χ4v) is 5.06. The average molecular weight is 602 g/mol. The van der Waals surface area contributed by atoms with Gasteiger partial charge in [-0.15, -0.1) is 6.58 Å². The first-order valence-corrected chi connectivity index (χ1v) is 13.7. The molecule has 1 aliphatic rings. The molecular formula is C29H25Cl2NO7S. The van der Waals surface area contributed by atoms with Crippen LogP contribution in [0.2, 0.25) is 10.0 Å². The molecule has 4 rings (SSSR count). The van der Waals surface area contributed by atoms with Gasteiger partial charge in [0.15, 0.2) is 11.5 Å². The first-order chi connectivity index (χ1) is 19.2. The molecule has 0 atom stereocenters. The van der Waals surface area contributed by atoms with E-state index < -0.39 is 17.1 Å². The van der Waals surface area contributed by atoms with Crippen molar-refractivity contribution in [1.82, 2.24) is 4.90 Å². The number of furan rings is 1. The third kappa shape index (κ3) is 6.72. The van der Waals surface area contributed by atoms with Crippen LogP contribution in [-0.2, 0) is 29.1 Å². The zero-order valence-corrected chi connectivity index (χ0v) is 24.0. The average Bonchev–Trinajstić information content (AvgIpc) is 3.50. The van der Waals surface area contributed by atoms with E-state index in [9.17, 15) is 14.4 Å². The van der Waals surface area contributed by atoms with Crippen molar-refractivity contribution in [3.63, 3.8) is 0 Å². The van der Waals surface area contributed by atoms with E-state index >= 15 is 0 Å². The number of hydrogen-bond donors (Lipinski definition) is 0. The van der Waals surface area contributed by atoms with Crippen LogP contribution in [0.15, 0.2) is 64.4 Å². The summed E-state index contributed by atoms with van der Waals surface area (Å²) in [5, 5.41) is 0.432. The fraction of sp³-hybridized carbons (Fsp3) is 0.207. The highest BCUT2D eigenvalue weighted by Gasteiger charge is 2.36. The third-order valence-electron chi connectivity index (χ3n) is 5.72. The number of rotatable bonds is 11. The van der Waals surface area contributed by atoms with Gasteiger partial charge in [0.25, 0.3) is 11.1 Å². The van der Waals surface area contributed by atoms with Gasteiger partial charge in [0.2, 0.25) is 5.76 Å². The van der Waals surface area contributed by atoms with Gasteiger partial charge in [-0.1, -0.05) is 35.3 Å². The second-order valence-corrected chi connectivity index (χ2v) is 10.3. The van der Waals surface area contributed by atoms with Gasteiger partial charge in [-0.25, -0.2) is 4.79 Å². The number of halogens is 2. The zero-order valence-electron chi connectivity index (χ0n) is 21.7. The molecule has 0 radical (unpaired) electrons. The van der Waals surface area contributed by atoms with Crippen LogP contribution in [0, 0.1) is 0 Å². The number of carbonyl (C=O) groups excluding carboxylic acids is 3. The van der Waals surface area contributed by atoms with Crippen molar-refractivity contribution in [2.24, 2.45) is 0 Å². The number of hydrogen-bond acceptors (Lipinski definition) is 8. The van der Waals surface area contributed by atoms with Crippen LogP contribution in [0.4, 0.5) is 4.79 Å². The predicted molar refractivity (Wildman–Crippen MR) is 154 cm³/mol. The lowest BCUT2D eigenvalue weighted by atomic mass is 10.0. The van der Waals surface area contributed by atoms with Crippen LogP contribution in [0.25, 0.3) is 6.08 Å². The van der Waals surface area contributed by atoms with Crippen LogP contribution in [0.5, 0.6) is 11.5 Å². The lowest BCUT2D eigenvalue weighted by Crippen LogP contribution is -2.27. The minimum absolute atomic E-state index is 0.0142. The molecule has 208 valence electrons. The molecule has 0 unspecified atom stereocenters. The van der Waals surface area contributed by atoms with Crippen LogP contribution >= 0.6 is 35.0 Å². The second-order valence-electron chi connectivity index (χ2n) is 8.50. The van der Waals surface area contributed by atoms with Gasteiger partial charge in [0.05, 0.1) is 35.2 Å². The van der Waals surface area contributed by atoms with E-state index in [2.05, 4.69) is 11.3 Å². The highest BCUT2D eigenvalue weighted by atomic mass is 35.5. The second kappa shape index (κ2) is 13.1. The fourth-order valence-electron chi connectivity index (χ4n) is 3.90. The van der Waals surface area contributed by atoms with Crippen molar-refractivity contribution in [1.29, 1.82) is 0 Å². The Bertz CT molecular complexity index is 1500. The van der Waals surface area contributed by atoms with Gasteiger partial charge in [0, 0.05) is 5.56 Å². The summed E-state index contributed by atoms with van der Waals surface area (Å²) in [6.45, 7) is 6.19. The summed E-state index contributed by atoms with van der Waals surface area (Å²) in [5.74, 6) is 0.161. The Morgan fingerprint density at radius 3 is 2.60 bits per heavy atom. The quantitative estimate of drug-likeness (QED) is 0.128. The maximum Gasteiger partial charge on any atom is 0.373 e. The number of nitrogens with zero attached hydrogens (tertiary/aromatic N) is 1. The molecule has 11 heteroatoms. The first-order valence-electron chi connectivity index (χ1n) is 12.1. The van der Waals surface area contributed by atoms with Crippen molar-refractivity contribution in [2.75, 3.05) is 13.7 Å². The molecule has 1 fully saturated rings. The third-order valence-corrected chi connectivity index (χ3v) is 7.37.